The zero-order valence-corrected chi connectivity index (χ0v) is 21.6. The largest absolute Gasteiger partial charge is 0.493 e. The predicted molar refractivity (Wildman–Crippen MR) is 129 cm³/mol. The van der Waals surface area contributed by atoms with Crippen molar-refractivity contribution in [1.82, 2.24) is 5.32 Å². The van der Waals surface area contributed by atoms with Crippen LogP contribution < -0.4 is 19.0 Å². The molecule has 2 unspecified atom stereocenters. The highest BCUT2D eigenvalue weighted by molar-refractivity contribution is 7.86. The van der Waals surface area contributed by atoms with Gasteiger partial charge in [0.05, 0.1) is 39.4 Å². The smallest absolute Gasteiger partial charge is 0.306 e. The summed E-state index contributed by atoms with van der Waals surface area (Å²) in [6.45, 7) is 0.388. The van der Waals surface area contributed by atoms with Gasteiger partial charge in [-0.3, -0.25) is 8.98 Å². The van der Waals surface area contributed by atoms with E-state index in [2.05, 4.69) is 5.32 Å². The second kappa shape index (κ2) is 10.5. The maximum atomic E-state index is 13.5. The van der Waals surface area contributed by atoms with Gasteiger partial charge in [0.1, 0.15) is 0 Å². The van der Waals surface area contributed by atoms with Gasteiger partial charge in [0.15, 0.2) is 17.3 Å². The molecule has 1 fully saturated rings. The van der Waals surface area contributed by atoms with Crippen LogP contribution in [0.3, 0.4) is 0 Å². The predicted octanol–water partition coefficient (Wildman–Crippen LogP) is 1.89. The standard InChI is InChI=1S/C23H29NO9S2/c1-30-19-12-16(13-20(22(19)31-2)33-35(4,28)29)21(25)18-14-23(15-24-18,10-11-32-34(3,26)27)17-8-6-5-7-9-17/h5-9,12-13,18,24H,10-11,14-15H2,1-4H3. The Morgan fingerprint density at radius 2 is 1.66 bits per heavy atom. The van der Waals surface area contributed by atoms with Gasteiger partial charge in [-0.05, 0) is 30.5 Å². The maximum absolute atomic E-state index is 13.5. The molecular weight excluding hydrogens is 498 g/mol. The van der Waals surface area contributed by atoms with Crippen molar-refractivity contribution in [2.24, 2.45) is 0 Å². The Kier molecular flexibility index (Phi) is 8.10. The topological polar surface area (TPSA) is 134 Å². The first kappa shape index (κ1) is 26.9. The molecule has 0 aromatic heterocycles. The highest BCUT2D eigenvalue weighted by Crippen LogP contribution is 2.41. The van der Waals surface area contributed by atoms with Gasteiger partial charge in [0.25, 0.3) is 10.1 Å². The number of hydrogen-bond acceptors (Lipinski definition) is 10. The molecule has 1 heterocycles. The fraction of sp³-hybridized carbons (Fsp3) is 0.435. The summed E-state index contributed by atoms with van der Waals surface area (Å²) in [6.07, 6.45) is 2.63. The molecule has 2 atom stereocenters. The minimum atomic E-state index is -3.90. The van der Waals surface area contributed by atoms with Crippen molar-refractivity contribution in [1.29, 1.82) is 0 Å². The number of ketones is 1. The number of ether oxygens (including phenoxy) is 2. The maximum Gasteiger partial charge on any atom is 0.306 e. The summed E-state index contributed by atoms with van der Waals surface area (Å²) < 4.78 is 67.0. The molecule has 0 spiro atoms. The van der Waals surface area contributed by atoms with Gasteiger partial charge in [0.2, 0.25) is 5.75 Å². The van der Waals surface area contributed by atoms with Crippen molar-refractivity contribution in [3.05, 3.63) is 53.6 Å². The minimum absolute atomic E-state index is 0.0287. The Balaban J connectivity index is 1.93. The second-order valence-electron chi connectivity index (χ2n) is 8.42. The number of carbonyl (C=O) groups excluding carboxylic acids is 1. The molecule has 10 nitrogen and oxygen atoms in total. The van der Waals surface area contributed by atoms with E-state index in [9.17, 15) is 21.6 Å². The summed E-state index contributed by atoms with van der Waals surface area (Å²) in [5.74, 6) is -0.269. The lowest BCUT2D eigenvalue weighted by Crippen LogP contribution is -2.31. The van der Waals surface area contributed by atoms with Crippen molar-refractivity contribution in [2.45, 2.75) is 24.3 Å². The fourth-order valence-electron chi connectivity index (χ4n) is 4.27. The molecular formula is C23H29NO9S2. The van der Waals surface area contributed by atoms with E-state index in [1.54, 1.807) is 0 Å². The Hall–Kier alpha value is -2.67. The van der Waals surface area contributed by atoms with Gasteiger partial charge in [-0.1, -0.05) is 30.3 Å². The summed E-state index contributed by atoms with van der Waals surface area (Å²) in [5, 5.41) is 3.24. The number of carbonyl (C=O) groups is 1. The van der Waals surface area contributed by atoms with Crippen molar-refractivity contribution < 1.29 is 39.5 Å². The summed E-state index contributed by atoms with van der Waals surface area (Å²) in [6, 6.07) is 11.7. The molecule has 1 N–H and O–H groups in total. The van der Waals surface area contributed by atoms with Gasteiger partial charge in [-0.15, -0.1) is 0 Å². The van der Waals surface area contributed by atoms with Crippen LogP contribution in [0.5, 0.6) is 17.2 Å². The van der Waals surface area contributed by atoms with E-state index in [0.717, 1.165) is 18.1 Å². The van der Waals surface area contributed by atoms with Gasteiger partial charge < -0.3 is 19.0 Å². The lowest BCUT2D eigenvalue weighted by atomic mass is 9.75. The Morgan fingerprint density at radius 1 is 1.00 bits per heavy atom. The first-order valence-electron chi connectivity index (χ1n) is 10.7. The second-order valence-corrected chi connectivity index (χ2v) is 11.6. The molecule has 0 aliphatic carbocycles. The zero-order chi connectivity index (χ0) is 25.9. The van der Waals surface area contributed by atoms with E-state index in [1.807, 2.05) is 30.3 Å². The van der Waals surface area contributed by atoms with E-state index < -0.39 is 31.7 Å². The van der Waals surface area contributed by atoms with E-state index in [-0.39, 0.29) is 35.2 Å². The molecule has 2 aromatic carbocycles. The highest BCUT2D eigenvalue weighted by atomic mass is 32.2. The van der Waals surface area contributed by atoms with Gasteiger partial charge in [-0.25, -0.2) is 0 Å². The number of nitrogens with one attached hydrogen (secondary N) is 1. The SMILES string of the molecule is COc1cc(C(=O)C2CC(CCOS(C)(=O)=O)(c3ccccc3)CN2)cc(OS(C)(=O)=O)c1OC. The molecule has 1 aliphatic heterocycles. The average Bonchev–Trinajstić information content (AvgIpc) is 3.22. The molecule has 0 bridgehead atoms. The van der Waals surface area contributed by atoms with Crippen LogP contribution in [-0.4, -0.2) is 68.5 Å². The third-order valence-corrected chi connectivity index (χ3v) is 6.91. The summed E-state index contributed by atoms with van der Waals surface area (Å²) >= 11 is 0. The minimum Gasteiger partial charge on any atom is -0.493 e. The summed E-state index contributed by atoms with van der Waals surface area (Å²) in [7, 11) is -4.81. The van der Waals surface area contributed by atoms with Crippen LogP contribution in [0.1, 0.15) is 28.8 Å². The molecule has 35 heavy (non-hydrogen) atoms. The van der Waals surface area contributed by atoms with Crippen LogP contribution in [0.2, 0.25) is 0 Å². The Labute approximate surface area is 205 Å². The lowest BCUT2D eigenvalue weighted by Gasteiger charge is -2.29. The zero-order valence-electron chi connectivity index (χ0n) is 19.9. The first-order valence-corrected chi connectivity index (χ1v) is 14.3. The third kappa shape index (κ3) is 6.72. The van der Waals surface area contributed by atoms with Crippen LogP contribution in [-0.2, 0) is 29.8 Å². The first-order chi connectivity index (χ1) is 16.4. The molecule has 0 radical (unpaired) electrons. The molecule has 3 rings (SSSR count). The fourth-order valence-corrected chi connectivity index (χ4v) is 5.11. The molecule has 1 aliphatic rings. The lowest BCUT2D eigenvalue weighted by molar-refractivity contribution is 0.0947. The van der Waals surface area contributed by atoms with Crippen LogP contribution in [0, 0.1) is 0 Å². The summed E-state index contributed by atoms with van der Waals surface area (Å²) in [4.78, 5) is 13.5. The highest BCUT2D eigenvalue weighted by Gasteiger charge is 2.43. The van der Waals surface area contributed by atoms with Crippen LogP contribution in [0.15, 0.2) is 42.5 Å². The van der Waals surface area contributed by atoms with Crippen LogP contribution in [0.25, 0.3) is 0 Å². The molecule has 0 saturated carbocycles. The summed E-state index contributed by atoms with van der Waals surface area (Å²) in [5.41, 5.74) is 0.581. The van der Waals surface area contributed by atoms with Crippen molar-refractivity contribution >= 4 is 26.0 Å². The number of hydrogen-bond donors (Lipinski definition) is 1. The number of Topliss-reactive ketones (excluding diaryl/α,β-unsaturated/α-hetero) is 1. The van der Waals surface area contributed by atoms with E-state index in [1.165, 1.54) is 26.4 Å². The van der Waals surface area contributed by atoms with E-state index in [4.69, 9.17) is 17.8 Å². The van der Waals surface area contributed by atoms with Crippen molar-refractivity contribution in [2.75, 3.05) is 39.9 Å². The number of benzene rings is 2. The molecule has 12 heteroatoms. The number of methoxy groups -OCH3 is 2. The van der Waals surface area contributed by atoms with E-state index >= 15 is 0 Å². The molecule has 2 aromatic rings. The van der Waals surface area contributed by atoms with Gasteiger partial charge in [0, 0.05) is 17.5 Å². The molecule has 1 saturated heterocycles. The Morgan fingerprint density at radius 3 is 2.23 bits per heavy atom. The van der Waals surface area contributed by atoms with Crippen LogP contribution >= 0.6 is 0 Å². The Bertz CT molecular complexity index is 1280. The third-order valence-electron chi connectivity index (χ3n) is 5.83. The average molecular weight is 528 g/mol. The molecule has 0 amide bonds. The van der Waals surface area contributed by atoms with Crippen molar-refractivity contribution in [3.8, 4) is 17.2 Å². The quantitative estimate of drug-likeness (QED) is 0.341. The van der Waals surface area contributed by atoms with Gasteiger partial charge in [-0.2, -0.15) is 16.8 Å². The van der Waals surface area contributed by atoms with Crippen LogP contribution in [0.4, 0.5) is 0 Å². The number of rotatable bonds is 11. The normalized spacial score (nSPS) is 20.4. The van der Waals surface area contributed by atoms with E-state index in [0.29, 0.717) is 19.4 Å². The molecule has 192 valence electrons. The van der Waals surface area contributed by atoms with Gasteiger partial charge >= 0.3 is 10.1 Å². The van der Waals surface area contributed by atoms with Crippen molar-refractivity contribution in [3.63, 3.8) is 0 Å². The monoisotopic (exact) mass is 527 g/mol.